The molecule has 1 aliphatic carbocycles. The Labute approximate surface area is 90.7 Å². The second-order valence-corrected chi connectivity index (χ2v) is 4.38. The van der Waals surface area contributed by atoms with Crippen LogP contribution in [-0.2, 0) is 0 Å². The molecule has 0 saturated heterocycles. The monoisotopic (exact) mass is 207 g/mol. The van der Waals surface area contributed by atoms with E-state index in [1.54, 1.807) is 13.0 Å². The van der Waals surface area contributed by atoms with Gasteiger partial charge in [0.2, 0.25) is 0 Å². The molecule has 1 nitrogen and oxygen atoms in total. The van der Waals surface area contributed by atoms with Crippen molar-refractivity contribution >= 4 is 0 Å². The third-order valence-corrected chi connectivity index (χ3v) is 3.07. The Morgan fingerprint density at radius 2 is 2.20 bits per heavy atom. The van der Waals surface area contributed by atoms with Crippen LogP contribution >= 0.6 is 0 Å². The molecule has 1 N–H and O–H groups in total. The molecule has 0 spiro atoms. The molecule has 2 heteroatoms. The van der Waals surface area contributed by atoms with Crippen molar-refractivity contribution in [1.82, 2.24) is 5.32 Å². The average Bonchev–Trinajstić information content (AvgIpc) is 3.02. The zero-order valence-electron chi connectivity index (χ0n) is 9.39. The van der Waals surface area contributed by atoms with Gasteiger partial charge in [0.05, 0.1) is 0 Å². The molecule has 0 amide bonds. The standard InChI is InChI=1S/C13H18FN/c1-3-15-13(10-6-7-10)11-5-4-9(2)12(14)8-11/h4-5,8,10,13,15H,3,6-7H2,1-2H3. The number of nitrogens with one attached hydrogen (secondary N) is 1. The van der Waals surface area contributed by atoms with Crippen LogP contribution in [0.3, 0.4) is 0 Å². The molecule has 0 heterocycles. The Kier molecular flexibility index (Phi) is 3.06. The maximum absolute atomic E-state index is 13.4. The van der Waals surface area contributed by atoms with Crippen LogP contribution in [0.5, 0.6) is 0 Å². The number of rotatable bonds is 4. The van der Waals surface area contributed by atoms with Crippen LogP contribution in [-0.4, -0.2) is 6.54 Å². The first kappa shape index (κ1) is 10.6. The molecule has 1 aliphatic rings. The summed E-state index contributed by atoms with van der Waals surface area (Å²) in [4.78, 5) is 0. The molecule has 1 fully saturated rings. The molecule has 1 aromatic carbocycles. The van der Waals surface area contributed by atoms with Crippen LogP contribution in [0.1, 0.15) is 36.9 Å². The average molecular weight is 207 g/mol. The van der Waals surface area contributed by atoms with Crippen LogP contribution < -0.4 is 5.32 Å². The highest BCUT2D eigenvalue weighted by molar-refractivity contribution is 5.27. The summed E-state index contributed by atoms with van der Waals surface area (Å²) >= 11 is 0. The van der Waals surface area contributed by atoms with Gasteiger partial charge in [-0.05, 0) is 49.4 Å². The van der Waals surface area contributed by atoms with Crippen molar-refractivity contribution in [2.75, 3.05) is 6.54 Å². The smallest absolute Gasteiger partial charge is 0.126 e. The van der Waals surface area contributed by atoms with Crippen molar-refractivity contribution in [2.45, 2.75) is 32.7 Å². The third kappa shape index (κ3) is 2.37. The molecule has 82 valence electrons. The molecular formula is C13H18FN. The van der Waals surface area contributed by atoms with E-state index in [0.717, 1.165) is 17.7 Å². The van der Waals surface area contributed by atoms with Crippen molar-refractivity contribution in [2.24, 2.45) is 5.92 Å². The van der Waals surface area contributed by atoms with E-state index in [0.29, 0.717) is 12.0 Å². The third-order valence-electron chi connectivity index (χ3n) is 3.07. The van der Waals surface area contributed by atoms with Crippen molar-refractivity contribution in [3.63, 3.8) is 0 Å². The molecule has 1 atom stereocenters. The normalized spacial score (nSPS) is 17.8. The number of hydrogen-bond acceptors (Lipinski definition) is 1. The Morgan fingerprint density at radius 3 is 2.73 bits per heavy atom. The first-order valence-electron chi connectivity index (χ1n) is 5.71. The van der Waals surface area contributed by atoms with Gasteiger partial charge < -0.3 is 5.32 Å². The molecular weight excluding hydrogens is 189 g/mol. The highest BCUT2D eigenvalue weighted by atomic mass is 19.1. The van der Waals surface area contributed by atoms with Gasteiger partial charge in [0.1, 0.15) is 5.82 Å². The predicted molar refractivity (Wildman–Crippen MR) is 60.3 cm³/mol. The van der Waals surface area contributed by atoms with Crippen molar-refractivity contribution in [3.05, 3.63) is 35.1 Å². The van der Waals surface area contributed by atoms with Gasteiger partial charge in [-0.1, -0.05) is 19.1 Å². The van der Waals surface area contributed by atoms with Gasteiger partial charge in [0.25, 0.3) is 0 Å². The molecule has 1 unspecified atom stereocenters. The fraction of sp³-hybridized carbons (Fsp3) is 0.538. The fourth-order valence-corrected chi connectivity index (χ4v) is 2.01. The van der Waals surface area contributed by atoms with E-state index < -0.39 is 0 Å². The molecule has 1 saturated carbocycles. The SMILES string of the molecule is CCNC(c1ccc(C)c(F)c1)C1CC1. The highest BCUT2D eigenvalue weighted by Crippen LogP contribution is 2.41. The molecule has 1 aromatic rings. The molecule has 2 rings (SSSR count). The van der Waals surface area contributed by atoms with E-state index in [4.69, 9.17) is 0 Å². The summed E-state index contributed by atoms with van der Waals surface area (Å²) in [5, 5.41) is 3.44. The minimum Gasteiger partial charge on any atom is -0.310 e. The van der Waals surface area contributed by atoms with E-state index in [1.807, 2.05) is 12.1 Å². The number of halogens is 1. The van der Waals surface area contributed by atoms with Crippen LogP contribution in [0.25, 0.3) is 0 Å². The maximum Gasteiger partial charge on any atom is 0.126 e. The predicted octanol–water partition coefficient (Wildman–Crippen LogP) is 3.19. The van der Waals surface area contributed by atoms with E-state index >= 15 is 0 Å². The number of hydrogen-bond donors (Lipinski definition) is 1. The summed E-state index contributed by atoms with van der Waals surface area (Å²) in [6.07, 6.45) is 2.54. The van der Waals surface area contributed by atoms with Crippen molar-refractivity contribution in [3.8, 4) is 0 Å². The Morgan fingerprint density at radius 1 is 1.47 bits per heavy atom. The van der Waals surface area contributed by atoms with Gasteiger partial charge in [0.15, 0.2) is 0 Å². The highest BCUT2D eigenvalue weighted by Gasteiger charge is 2.31. The largest absolute Gasteiger partial charge is 0.310 e. The van der Waals surface area contributed by atoms with Gasteiger partial charge in [0, 0.05) is 6.04 Å². The van der Waals surface area contributed by atoms with E-state index in [9.17, 15) is 4.39 Å². The van der Waals surface area contributed by atoms with Crippen LogP contribution in [0.2, 0.25) is 0 Å². The van der Waals surface area contributed by atoms with Gasteiger partial charge in [-0.3, -0.25) is 0 Å². The minimum atomic E-state index is -0.0870. The second-order valence-electron chi connectivity index (χ2n) is 4.38. The van der Waals surface area contributed by atoms with E-state index in [-0.39, 0.29) is 5.82 Å². The lowest BCUT2D eigenvalue weighted by Crippen LogP contribution is -2.22. The minimum absolute atomic E-state index is 0.0870. The number of aryl methyl sites for hydroxylation is 1. The van der Waals surface area contributed by atoms with Gasteiger partial charge >= 0.3 is 0 Å². The lowest BCUT2D eigenvalue weighted by molar-refractivity contribution is 0.492. The topological polar surface area (TPSA) is 12.0 Å². The van der Waals surface area contributed by atoms with Crippen molar-refractivity contribution < 1.29 is 4.39 Å². The summed E-state index contributed by atoms with van der Waals surface area (Å²) in [6, 6.07) is 5.95. The zero-order valence-corrected chi connectivity index (χ0v) is 9.39. The lowest BCUT2D eigenvalue weighted by Gasteiger charge is -2.18. The fourth-order valence-electron chi connectivity index (χ4n) is 2.01. The maximum atomic E-state index is 13.4. The summed E-state index contributed by atoms with van der Waals surface area (Å²) in [6.45, 7) is 4.84. The van der Waals surface area contributed by atoms with Crippen LogP contribution in [0.15, 0.2) is 18.2 Å². The molecule has 15 heavy (non-hydrogen) atoms. The van der Waals surface area contributed by atoms with Gasteiger partial charge in [-0.25, -0.2) is 4.39 Å². The summed E-state index contributed by atoms with van der Waals surface area (Å²) < 4.78 is 13.4. The Hall–Kier alpha value is -0.890. The van der Waals surface area contributed by atoms with E-state index in [1.165, 1.54) is 12.8 Å². The summed E-state index contributed by atoms with van der Waals surface area (Å²) in [7, 11) is 0. The Bertz CT molecular complexity index is 344. The Balaban J connectivity index is 2.21. The zero-order chi connectivity index (χ0) is 10.8. The molecule has 0 bridgehead atoms. The second kappa shape index (κ2) is 4.31. The lowest BCUT2D eigenvalue weighted by atomic mass is 10.0. The van der Waals surface area contributed by atoms with Gasteiger partial charge in [-0.15, -0.1) is 0 Å². The molecule has 0 radical (unpaired) electrons. The first-order chi connectivity index (χ1) is 7.22. The van der Waals surface area contributed by atoms with Crippen molar-refractivity contribution in [1.29, 1.82) is 0 Å². The first-order valence-corrected chi connectivity index (χ1v) is 5.71. The van der Waals surface area contributed by atoms with Gasteiger partial charge in [-0.2, -0.15) is 0 Å². The molecule has 0 aromatic heterocycles. The summed E-state index contributed by atoms with van der Waals surface area (Å²) in [5.74, 6) is 0.628. The quantitative estimate of drug-likeness (QED) is 0.799. The van der Waals surface area contributed by atoms with Crippen LogP contribution in [0, 0.1) is 18.7 Å². The molecule has 0 aliphatic heterocycles. The summed E-state index contributed by atoms with van der Waals surface area (Å²) in [5.41, 5.74) is 1.83. The van der Waals surface area contributed by atoms with E-state index in [2.05, 4.69) is 12.2 Å². The van der Waals surface area contributed by atoms with Crippen LogP contribution in [0.4, 0.5) is 4.39 Å². The number of benzene rings is 1.